The molecule has 0 saturated heterocycles. The Morgan fingerprint density at radius 3 is 2.56 bits per heavy atom. The molecular weight excluding hydrogens is 458 g/mol. The third-order valence-electron chi connectivity index (χ3n) is 4.45. The van der Waals surface area contributed by atoms with E-state index in [0.29, 0.717) is 15.8 Å². The summed E-state index contributed by atoms with van der Waals surface area (Å²) in [7, 11) is 0. The molecule has 0 aliphatic rings. The van der Waals surface area contributed by atoms with Crippen LogP contribution >= 0.6 is 23.1 Å². The van der Waals surface area contributed by atoms with Gasteiger partial charge in [0.25, 0.3) is 5.56 Å². The highest BCUT2D eigenvalue weighted by molar-refractivity contribution is 8.01. The lowest BCUT2D eigenvalue weighted by molar-refractivity contribution is -0.116. The number of hydrogen-bond donors (Lipinski definition) is 1. The molecule has 11 heteroatoms. The van der Waals surface area contributed by atoms with E-state index in [1.54, 1.807) is 30.3 Å². The van der Waals surface area contributed by atoms with Crippen molar-refractivity contribution in [3.8, 4) is 5.69 Å². The molecule has 1 N–H and O–H groups in total. The standard InChI is InChI=1S/C21H16F2N4O3S2/c1-2-31-20-25-18-17(32-20)19(29)27(13-6-4-3-5-7-13)21(30)26(18)11-16(28)24-12-8-9-14(22)15(23)10-12/h3-10H,2,11H2,1H3,(H,24,28). The van der Waals surface area contributed by atoms with Gasteiger partial charge in [-0.25, -0.2) is 23.1 Å². The van der Waals surface area contributed by atoms with Crippen LogP contribution < -0.4 is 16.6 Å². The molecule has 2 heterocycles. The van der Waals surface area contributed by atoms with Crippen LogP contribution in [0.5, 0.6) is 0 Å². The molecule has 164 valence electrons. The first-order valence-electron chi connectivity index (χ1n) is 9.48. The molecule has 0 radical (unpaired) electrons. The lowest BCUT2D eigenvalue weighted by Gasteiger charge is -2.12. The second-order valence-corrected chi connectivity index (χ2v) is 9.10. The second kappa shape index (κ2) is 9.05. The Morgan fingerprint density at radius 1 is 1.12 bits per heavy atom. The number of hydrogen-bond acceptors (Lipinski definition) is 6. The molecule has 2 aromatic carbocycles. The summed E-state index contributed by atoms with van der Waals surface area (Å²) in [5.41, 5.74) is -0.748. The van der Waals surface area contributed by atoms with Crippen LogP contribution in [0.3, 0.4) is 0 Å². The van der Waals surface area contributed by atoms with Gasteiger partial charge in [-0.05, 0) is 30.0 Å². The molecule has 4 rings (SSSR count). The molecule has 0 aliphatic carbocycles. The van der Waals surface area contributed by atoms with Crippen molar-refractivity contribution in [3.05, 3.63) is 81.0 Å². The summed E-state index contributed by atoms with van der Waals surface area (Å²) in [5.74, 6) is -2.09. The van der Waals surface area contributed by atoms with Gasteiger partial charge >= 0.3 is 5.69 Å². The maximum Gasteiger partial charge on any atom is 0.337 e. The summed E-state index contributed by atoms with van der Waals surface area (Å²) in [6.45, 7) is 1.46. The zero-order chi connectivity index (χ0) is 22.8. The van der Waals surface area contributed by atoms with Crippen molar-refractivity contribution in [1.29, 1.82) is 0 Å². The van der Waals surface area contributed by atoms with Crippen LogP contribution in [0, 0.1) is 11.6 Å². The smallest absolute Gasteiger partial charge is 0.324 e. The summed E-state index contributed by atoms with van der Waals surface area (Å²) >= 11 is 2.57. The van der Waals surface area contributed by atoms with Gasteiger partial charge in [0, 0.05) is 11.8 Å². The van der Waals surface area contributed by atoms with Crippen molar-refractivity contribution in [2.45, 2.75) is 17.8 Å². The van der Waals surface area contributed by atoms with E-state index < -0.39 is 35.3 Å². The van der Waals surface area contributed by atoms with Gasteiger partial charge in [0.1, 0.15) is 11.2 Å². The number of thioether (sulfide) groups is 1. The highest BCUT2D eigenvalue weighted by atomic mass is 32.2. The van der Waals surface area contributed by atoms with Gasteiger partial charge in [-0.2, -0.15) is 0 Å². The molecule has 0 atom stereocenters. The predicted molar refractivity (Wildman–Crippen MR) is 121 cm³/mol. The van der Waals surface area contributed by atoms with Gasteiger partial charge in [0.15, 0.2) is 21.6 Å². The maximum atomic E-state index is 13.5. The molecule has 0 spiro atoms. The predicted octanol–water partition coefficient (Wildman–Crippen LogP) is 3.64. The molecule has 1 amide bonds. The third kappa shape index (κ3) is 4.21. The summed E-state index contributed by atoms with van der Waals surface area (Å²) in [6, 6.07) is 11.3. The van der Waals surface area contributed by atoms with Crippen LogP contribution in [0.1, 0.15) is 6.92 Å². The summed E-state index contributed by atoms with van der Waals surface area (Å²) in [4.78, 5) is 43.4. The van der Waals surface area contributed by atoms with E-state index in [0.717, 1.165) is 32.6 Å². The monoisotopic (exact) mass is 474 g/mol. The fraction of sp³-hybridized carbons (Fsp3) is 0.143. The number of fused-ring (bicyclic) bond motifs is 1. The number of nitrogens with zero attached hydrogens (tertiary/aromatic N) is 3. The van der Waals surface area contributed by atoms with Crippen LogP contribution in [0.15, 0.2) is 62.5 Å². The summed E-state index contributed by atoms with van der Waals surface area (Å²) < 4.78 is 29.5. The van der Waals surface area contributed by atoms with Gasteiger partial charge in [0.05, 0.1) is 5.69 Å². The van der Waals surface area contributed by atoms with Crippen LogP contribution in [0.25, 0.3) is 16.0 Å². The van der Waals surface area contributed by atoms with E-state index in [2.05, 4.69) is 10.3 Å². The number of halogens is 2. The SMILES string of the molecule is CCSc1nc2c(s1)c(=O)n(-c1ccccc1)c(=O)n2CC(=O)Nc1ccc(F)c(F)c1. The summed E-state index contributed by atoms with van der Waals surface area (Å²) in [6.07, 6.45) is 0. The molecule has 0 fully saturated rings. The Hall–Kier alpha value is -3.31. The molecule has 0 saturated carbocycles. The number of aromatic nitrogens is 3. The van der Waals surface area contributed by atoms with Gasteiger partial charge < -0.3 is 5.32 Å². The normalized spacial score (nSPS) is 11.1. The van der Waals surface area contributed by atoms with Crippen LogP contribution in [-0.4, -0.2) is 25.8 Å². The zero-order valence-corrected chi connectivity index (χ0v) is 18.3. The average molecular weight is 475 g/mol. The van der Waals surface area contributed by atoms with Crippen molar-refractivity contribution >= 4 is 45.0 Å². The van der Waals surface area contributed by atoms with E-state index in [9.17, 15) is 23.2 Å². The second-order valence-electron chi connectivity index (χ2n) is 6.59. The number of anilines is 1. The molecule has 0 aliphatic heterocycles. The fourth-order valence-electron chi connectivity index (χ4n) is 3.07. The van der Waals surface area contributed by atoms with Crippen molar-refractivity contribution in [1.82, 2.24) is 14.1 Å². The van der Waals surface area contributed by atoms with Gasteiger partial charge in [-0.3, -0.25) is 14.2 Å². The van der Waals surface area contributed by atoms with Crippen molar-refractivity contribution in [2.75, 3.05) is 11.1 Å². The summed E-state index contributed by atoms with van der Waals surface area (Å²) in [5, 5.41) is 2.43. The van der Waals surface area contributed by atoms with E-state index in [1.165, 1.54) is 17.8 Å². The van der Waals surface area contributed by atoms with Crippen LogP contribution in [0.2, 0.25) is 0 Å². The largest absolute Gasteiger partial charge is 0.337 e. The van der Waals surface area contributed by atoms with Gasteiger partial charge in [-0.1, -0.05) is 36.9 Å². The van der Waals surface area contributed by atoms with Gasteiger partial charge in [0.2, 0.25) is 5.91 Å². The van der Waals surface area contributed by atoms with E-state index in [-0.39, 0.29) is 16.0 Å². The number of nitrogens with one attached hydrogen (secondary N) is 1. The number of para-hydroxylation sites is 1. The molecule has 32 heavy (non-hydrogen) atoms. The quantitative estimate of drug-likeness (QED) is 0.431. The lowest BCUT2D eigenvalue weighted by Crippen LogP contribution is -2.40. The Morgan fingerprint density at radius 2 is 1.88 bits per heavy atom. The first kappa shape index (κ1) is 21.9. The zero-order valence-electron chi connectivity index (χ0n) is 16.7. The number of thiazole rings is 1. The highest BCUT2D eigenvalue weighted by Gasteiger charge is 2.20. The fourth-order valence-corrected chi connectivity index (χ4v) is 5.04. The van der Waals surface area contributed by atoms with Crippen molar-refractivity contribution < 1.29 is 13.6 Å². The number of benzene rings is 2. The average Bonchev–Trinajstić information content (AvgIpc) is 3.19. The minimum absolute atomic E-state index is 0.0371. The Kier molecular flexibility index (Phi) is 6.19. The van der Waals surface area contributed by atoms with Crippen molar-refractivity contribution in [2.24, 2.45) is 0 Å². The topological polar surface area (TPSA) is 86.0 Å². The molecule has 2 aromatic heterocycles. The van der Waals surface area contributed by atoms with Crippen LogP contribution in [-0.2, 0) is 11.3 Å². The first-order valence-corrected chi connectivity index (χ1v) is 11.3. The molecule has 4 aromatic rings. The Balaban J connectivity index is 1.81. The Labute approximate surface area is 188 Å². The van der Waals surface area contributed by atoms with E-state index in [4.69, 9.17) is 0 Å². The minimum Gasteiger partial charge on any atom is -0.324 e. The maximum absolute atomic E-state index is 13.5. The molecule has 0 unspecified atom stereocenters. The lowest BCUT2D eigenvalue weighted by atomic mass is 10.3. The van der Waals surface area contributed by atoms with Crippen LogP contribution in [0.4, 0.5) is 14.5 Å². The number of amides is 1. The van der Waals surface area contributed by atoms with E-state index in [1.807, 2.05) is 6.92 Å². The molecule has 0 bridgehead atoms. The first-order chi connectivity index (χ1) is 15.4. The van der Waals surface area contributed by atoms with E-state index >= 15 is 0 Å². The number of rotatable bonds is 6. The van der Waals surface area contributed by atoms with Crippen molar-refractivity contribution in [3.63, 3.8) is 0 Å². The minimum atomic E-state index is -1.11. The Bertz CT molecular complexity index is 1430. The molecule has 7 nitrogen and oxygen atoms in total. The van der Waals surface area contributed by atoms with Gasteiger partial charge in [-0.15, -0.1) is 11.3 Å². The third-order valence-corrected chi connectivity index (χ3v) is 6.51. The number of carbonyl (C=O) groups excluding carboxylic acids is 1. The molecular formula is C21H16F2N4O3S2. The highest BCUT2D eigenvalue weighted by Crippen LogP contribution is 2.27. The number of carbonyl (C=O) groups is 1.